The molecular weight excluding hydrogens is 1140 g/mol. The van der Waals surface area contributed by atoms with Gasteiger partial charge in [0.2, 0.25) is 11.8 Å². The monoisotopic (exact) mass is 1220 g/mol. The van der Waals surface area contributed by atoms with E-state index in [1.54, 1.807) is 36.8 Å². The number of carbonyl (C=O) groups excluding carboxylic acids is 3. The number of nitrogens with one attached hydrogen (secondary N) is 1. The van der Waals surface area contributed by atoms with Crippen LogP contribution in [0.5, 0.6) is 17.6 Å². The number of likely N-dealkylation sites (tertiary alicyclic amines) is 1. The van der Waals surface area contributed by atoms with E-state index in [9.17, 15) is 19.5 Å². The van der Waals surface area contributed by atoms with Gasteiger partial charge < -0.3 is 48.4 Å². The molecule has 3 aromatic carbocycles. The molecule has 2 N–H and O–H groups in total. The highest BCUT2D eigenvalue weighted by Crippen LogP contribution is 2.45. The number of pyridine rings is 1. The van der Waals surface area contributed by atoms with E-state index in [0.29, 0.717) is 54.4 Å². The van der Waals surface area contributed by atoms with Crippen LogP contribution in [0.3, 0.4) is 0 Å². The summed E-state index contributed by atoms with van der Waals surface area (Å²) in [7, 11) is 1.55. The highest BCUT2D eigenvalue weighted by Gasteiger charge is 2.51. The standard InChI is InChI=1S/C66H79FN10O10S/c1-10-40-13-11-14-43-25-48(85-36-82-9)27-49(55(40)43)57-56(67)58-50(29-68-57)60(74-30-44-19-20-45(31-74)77(44)64(81)86-65(6,7)8)72-63(71-58)84-34-66-22-12-24-76(66)46(21-23-66)33-83-53-28-52(87-73-53)54(37(2)3)62(80)75-32-47(78)26-51(75)61(79)70-38(4)41-15-17-42(18-16-41)59-39(5)69-35-88-59/h11,13-18,25,27-29,35,37-38,44-47,51,54,78H,10,12,19-24,26,30-34,36H2,1-9H3,(H,70,79)/t38-,44?,45?,46-,47+,51-,54?,66+/m0/s1. The molecule has 5 aliphatic rings. The van der Waals surface area contributed by atoms with E-state index in [1.807, 2.05) is 107 Å². The number of fused-ring (bicyclic) bond motifs is 5. The van der Waals surface area contributed by atoms with Crippen molar-refractivity contribution < 1.29 is 52.1 Å². The summed E-state index contributed by atoms with van der Waals surface area (Å²) in [6.45, 7) is 17.6. The second-order valence-electron chi connectivity index (χ2n) is 25.7. The molecule has 20 nitrogen and oxygen atoms in total. The molecule has 0 spiro atoms. The molecule has 5 saturated heterocycles. The summed E-state index contributed by atoms with van der Waals surface area (Å²) in [5.41, 5.74) is 5.48. The van der Waals surface area contributed by atoms with Crippen LogP contribution < -0.4 is 24.4 Å². The third-order valence-corrected chi connectivity index (χ3v) is 19.3. The smallest absolute Gasteiger partial charge is 0.410 e. The number of hydrogen-bond acceptors (Lipinski definition) is 18. The van der Waals surface area contributed by atoms with Crippen LogP contribution in [0.2, 0.25) is 0 Å². The van der Waals surface area contributed by atoms with Crippen LogP contribution in [0.4, 0.5) is 15.0 Å². The second kappa shape index (κ2) is 24.8. The lowest BCUT2D eigenvalue weighted by atomic mass is 9.91. The molecule has 0 radical (unpaired) electrons. The number of amides is 3. The van der Waals surface area contributed by atoms with Crippen LogP contribution in [0.25, 0.3) is 43.4 Å². The number of hydrogen-bond donors (Lipinski definition) is 2. The summed E-state index contributed by atoms with van der Waals surface area (Å²) in [6, 6.07) is 17.9. The number of nitrogens with zero attached hydrogens (tertiary/aromatic N) is 9. The van der Waals surface area contributed by atoms with E-state index in [0.717, 1.165) is 83.1 Å². The molecule has 466 valence electrons. The average molecular weight is 1220 g/mol. The summed E-state index contributed by atoms with van der Waals surface area (Å²) >= 11 is 1.58. The number of rotatable bonds is 19. The van der Waals surface area contributed by atoms with Gasteiger partial charge in [0.1, 0.15) is 53.6 Å². The molecule has 5 aliphatic heterocycles. The fourth-order valence-electron chi connectivity index (χ4n) is 14.1. The molecule has 0 aliphatic carbocycles. The first-order chi connectivity index (χ1) is 42.3. The molecule has 3 amide bonds. The van der Waals surface area contributed by atoms with Crippen LogP contribution in [0.1, 0.15) is 128 Å². The van der Waals surface area contributed by atoms with Gasteiger partial charge in [-0.2, -0.15) is 9.97 Å². The van der Waals surface area contributed by atoms with E-state index in [-0.39, 0.29) is 103 Å². The number of aliphatic hydroxyl groups is 1. The Morgan fingerprint density at radius 2 is 1.74 bits per heavy atom. The van der Waals surface area contributed by atoms with Gasteiger partial charge in [0.15, 0.2) is 18.4 Å². The minimum atomic E-state index is -0.883. The molecule has 22 heteroatoms. The predicted molar refractivity (Wildman–Crippen MR) is 331 cm³/mol. The van der Waals surface area contributed by atoms with E-state index in [2.05, 4.69) is 32.2 Å². The van der Waals surface area contributed by atoms with Crippen molar-refractivity contribution in [3.63, 3.8) is 0 Å². The fourth-order valence-corrected chi connectivity index (χ4v) is 15.0. The van der Waals surface area contributed by atoms with Gasteiger partial charge in [0.05, 0.1) is 51.2 Å². The van der Waals surface area contributed by atoms with Crippen LogP contribution >= 0.6 is 11.3 Å². The Labute approximate surface area is 516 Å². The third-order valence-electron chi connectivity index (χ3n) is 18.4. The molecule has 12 rings (SSSR count). The SMILES string of the molecule is CCc1cccc2cc(OCOC)cc(-c3ncc4c(N5CC6CCC(C5)N6C(=O)OC(C)(C)C)nc(OC[C@]56CCCN5[C@H](COc5cc(C(C(=O)N7C[C@H](O)C[C@H]7C(=O)N[C@@H](C)c7ccc(-c8scnc8C)cc7)C(C)C)on5)CC6)nc4c3F)c12. The summed E-state index contributed by atoms with van der Waals surface area (Å²) in [4.78, 5) is 70.3. The lowest BCUT2D eigenvalue weighted by Gasteiger charge is -2.42. The van der Waals surface area contributed by atoms with Gasteiger partial charge in [-0.15, -0.1) is 11.3 Å². The maximum absolute atomic E-state index is 17.9. The van der Waals surface area contributed by atoms with E-state index in [4.69, 9.17) is 43.2 Å². The van der Waals surface area contributed by atoms with Gasteiger partial charge in [-0.05, 0) is 137 Å². The number of aromatic nitrogens is 5. The van der Waals surface area contributed by atoms with Crippen molar-refractivity contribution in [3.05, 3.63) is 101 Å². The Balaban J connectivity index is 0.758. The zero-order valence-corrected chi connectivity index (χ0v) is 52.4. The number of carbonyl (C=O) groups is 3. The Morgan fingerprint density at radius 3 is 2.45 bits per heavy atom. The number of halogens is 1. The number of thiazole rings is 1. The molecule has 3 unspecified atom stereocenters. The van der Waals surface area contributed by atoms with E-state index in [1.165, 1.54) is 4.90 Å². The zero-order valence-electron chi connectivity index (χ0n) is 51.6. The van der Waals surface area contributed by atoms with Crippen LogP contribution in [0, 0.1) is 18.7 Å². The molecule has 7 aromatic rings. The Morgan fingerprint density at radius 1 is 0.955 bits per heavy atom. The van der Waals surface area contributed by atoms with Crippen molar-refractivity contribution in [2.24, 2.45) is 5.92 Å². The first-order valence-corrected chi connectivity index (χ1v) is 31.8. The van der Waals surface area contributed by atoms with Crippen molar-refractivity contribution in [2.75, 3.05) is 58.2 Å². The fraction of sp³-hybridized carbons (Fsp3) is 0.515. The third kappa shape index (κ3) is 12.0. The minimum Gasteiger partial charge on any atom is -0.474 e. The number of anilines is 1. The van der Waals surface area contributed by atoms with Gasteiger partial charge in [0.25, 0.3) is 5.88 Å². The Kier molecular flexibility index (Phi) is 17.1. The van der Waals surface area contributed by atoms with Gasteiger partial charge >= 0.3 is 12.1 Å². The molecule has 4 aromatic heterocycles. The topological polar surface area (TPSA) is 220 Å². The quantitative estimate of drug-likeness (QED) is 0.0719. The number of aliphatic hydroxyl groups excluding tert-OH is 1. The van der Waals surface area contributed by atoms with Gasteiger partial charge in [-0.1, -0.05) is 63.2 Å². The summed E-state index contributed by atoms with van der Waals surface area (Å²) < 4.78 is 54.0. The Bertz CT molecular complexity index is 3710. The minimum absolute atomic E-state index is 0.00857. The van der Waals surface area contributed by atoms with Gasteiger partial charge in [-0.25, -0.2) is 14.2 Å². The van der Waals surface area contributed by atoms with Crippen LogP contribution in [0.15, 0.2) is 76.9 Å². The second-order valence-corrected chi connectivity index (χ2v) is 26.6. The summed E-state index contributed by atoms with van der Waals surface area (Å²) in [6.07, 6.45) is 6.21. The van der Waals surface area contributed by atoms with Crippen molar-refractivity contribution in [1.82, 2.24) is 45.1 Å². The molecule has 0 saturated carbocycles. The predicted octanol–water partition coefficient (Wildman–Crippen LogP) is 10.6. The van der Waals surface area contributed by atoms with Crippen LogP contribution in [-0.4, -0.2) is 158 Å². The highest BCUT2D eigenvalue weighted by molar-refractivity contribution is 7.13. The Hall–Kier alpha value is -7.53. The lowest BCUT2D eigenvalue weighted by Crippen LogP contribution is -2.57. The lowest BCUT2D eigenvalue weighted by molar-refractivity contribution is -0.141. The summed E-state index contributed by atoms with van der Waals surface area (Å²) in [5.74, 6) is -0.805. The highest BCUT2D eigenvalue weighted by atomic mass is 32.1. The molecule has 2 bridgehead atoms. The number of β-amino-alcohol motifs (C(OH)–C–C–N with tert-alkyl or cyclic N) is 1. The van der Waals surface area contributed by atoms with Crippen molar-refractivity contribution in [2.45, 2.75) is 160 Å². The first kappa shape index (κ1) is 60.7. The number of ether oxygens (including phenoxy) is 5. The number of aryl methyl sites for hydroxylation is 2. The van der Waals surface area contributed by atoms with Crippen LogP contribution in [-0.2, 0) is 25.5 Å². The van der Waals surface area contributed by atoms with Crippen molar-refractivity contribution in [3.8, 4) is 39.3 Å². The molecule has 9 heterocycles. The maximum Gasteiger partial charge on any atom is 0.410 e. The molecular formula is C66H79FN10O10S. The zero-order chi connectivity index (χ0) is 61.8. The maximum atomic E-state index is 17.9. The van der Waals surface area contributed by atoms with Gasteiger partial charge in [-0.3, -0.25) is 24.4 Å². The number of methoxy groups -OCH3 is 1. The average Bonchev–Trinajstić information content (AvgIpc) is 3.16. The van der Waals surface area contributed by atoms with Crippen molar-refractivity contribution >= 4 is 56.7 Å². The molecule has 5 fully saturated rings. The molecule has 8 atom stereocenters. The molecule has 88 heavy (non-hydrogen) atoms. The van der Waals surface area contributed by atoms with Gasteiger partial charge in [0, 0.05) is 57.0 Å². The summed E-state index contributed by atoms with van der Waals surface area (Å²) in [5, 5.41) is 20.4. The largest absolute Gasteiger partial charge is 0.474 e. The van der Waals surface area contributed by atoms with E-state index >= 15 is 4.39 Å². The number of benzene rings is 3. The van der Waals surface area contributed by atoms with E-state index < -0.39 is 29.5 Å². The normalized spacial score (nSPS) is 22.6. The van der Waals surface area contributed by atoms with Crippen molar-refractivity contribution in [1.29, 1.82) is 0 Å². The first-order valence-electron chi connectivity index (χ1n) is 30.9. The number of piperazine rings is 1.